The third-order valence-electron chi connectivity index (χ3n) is 2.83. The number of hydrogen-bond acceptors (Lipinski definition) is 4. The van der Waals surface area contributed by atoms with Gasteiger partial charge in [-0.05, 0) is 34.1 Å². The summed E-state index contributed by atoms with van der Waals surface area (Å²) in [4.78, 5) is 19.2. The van der Waals surface area contributed by atoms with E-state index in [2.05, 4.69) is 6.92 Å². The molecule has 0 aromatic rings. The predicted octanol–water partition coefficient (Wildman–Crippen LogP) is 2.27. The van der Waals surface area contributed by atoms with Gasteiger partial charge in [0.2, 0.25) is 0 Å². The van der Waals surface area contributed by atoms with Crippen molar-refractivity contribution in [3.05, 3.63) is 0 Å². The normalized spacial score (nSPS) is 20.6. The van der Waals surface area contributed by atoms with Gasteiger partial charge in [0, 0.05) is 19.6 Å². The molecular weight excluding hydrogens is 232 g/mol. The Kier molecular flexibility index (Phi) is 5.41. The second kappa shape index (κ2) is 6.38. The van der Waals surface area contributed by atoms with Crippen LogP contribution in [-0.4, -0.2) is 53.9 Å². The first-order chi connectivity index (χ1) is 8.37. The largest absolute Gasteiger partial charge is 0.444 e. The van der Waals surface area contributed by atoms with Crippen molar-refractivity contribution in [1.82, 2.24) is 9.96 Å². The van der Waals surface area contributed by atoms with E-state index in [-0.39, 0.29) is 12.1 Å². The van der Waals surface area contributed by atoms with E-state index < -0.39 is 5.60 Å². The highest BCUT2D eigenvalue weighted by Crippen LogP contribution is 2.19. The van der Waals surface area contributed by atoms with Gasteiger partial charge in [0.25, 0.3) is 0 Å². The molecule has 0 bridgehead atoms. The molecular formula is C13H26N2O3. The van der Waals surface area contributed by atoms with Crippen LogP contribution in [0.25, 0.3) is 0 Å². The van der Waals surface area contributed by atoms with Crippen molar-refractivity contribution in [2.75, 3.05) is 26.2 Å². The maximum Gasteiger partial charge on any atom is 0.410 e. The molecule has 1 unspecified atom stereocenters. The molecule has 5 heteroatoms. The van der Waals surface area contributed by atoms with Crippen LogP contribution in [0.4, 0.5) is 4.79 Å². The lowest BCUT2D eigenvalue weighted by atomic mass is 10.2. The van der Waals surface area contributed by atoms with Crippen LogP contribution in [0.2, 0.25) is 0 Å². The topological polar surface area (TPSA) is 42.0 Å². The summed E-state index contributed by atoms with van der Waals surface area (Å²) in [6.07, 6.45) is 0.713. The Morgan fingerprint density at radius 1 is 1.39 bits per heavy atom. The van der Waals surface area contributed by atoms with Crippen molar-refractivity contribution in [2.45, 2.75) is 52.7 Å². The van der Waals surface area contributed by atoms with Gasteiger partial charge in [0.05, 0.1) is 12.6 Å². The first kappa shape index (κ1) is 15.2. The summed E-state index contributed by atoms with van der Waals surface area (Å²) in [5.41, 5.74) is -0.431. The molecule has 1 atom stereocenters. The van der Waals surface area contributed by atoms with Crippen molar-refractivity contribution < 1.29 is 14.4 Å². The summed E-state index contributed by atoms with van der Waals surface area (Å²) in [5.74, 6) is 0. The third kappa shape index (κ3) is 4.46. The highest BCUT2D eigenvalue weighted by Gasteiger charge is 2.32. The predicted molar refractivity (Wildman–Crippen MR) is 70.2 cm³/mol. The van der Waals surface area contributed by atoms with Crippen LogP contribution in [0.3, 0.4) is 0 Å². The van der Waals surface area contributed by atoms with Crippen molar-refractivity contribution in [1.29, 1.82) is 0 Å². The molecule has 0 N–H and O–H groups in total. The molecule has 1 fully saturated rings. The monoisotopic (exact) mass is 258 g/mol. The number of ether oxygens (including phenoxy) is 1. The molecule has 0 spiro atoms. The Morgan fingerprint density at radius 2 is 2.06 bits per heavy atom. The summed E-state index contributed by atoms with van der Waals surface area (Å²) in [6.45, 7) is 12.6. The number of nitrogens with zero attached hydrogens (tertiary/aromatic N) is 2. The molecule has 1 rings (SSSR count). The average Bonchev–Trinajstić information content (AvgIpc) is 2.72. The van der Waals surface area contributed by atoms with Gasteiger partial charge in [-0.1, -0.05) is 6.92 Å². The maximum atomic E-state index is 11.9. The number of likely N-dealkylation sites (N-methyl/N-ethyl adjacent to an activating group) is 1. The third-order valence-corrected chi connectivity index (χ3v) is 2.83. The molecule has 5 nitrogen and oxygen atoms in total. The number of likely N-dealkylation sites (tertiary alicyclic amines) is 1. The van der Waals surface area contributed by atoms with E-state index in [1.54, 1.807) is 4.90 Å². The smallest absolute Gasteiger partial charge is 0.410 e. The van der Waals surface area contributed by atoms with E-state index in [9.17, 15) is 4.79 Å². The van der Waals surface area contributed by atoms with Gasteiger partial charge in [0.1, 0.15) is 5.60 Å². The van der Waals surface area contributed by atoms with Crippen LogP contribution in [0.5, 0.6) is 0 Å². The van der Waals surface area contributed by atoms with Crippen LogP contribution in [0.1, 0.15) is 41.0 Å². The minimum absolute atomic E-state index is 0.224. The first-order valence-electron chi connectivity index (χ1n) is 6.74. The first-order valence-corrected chi connectivity index (χ1v) is 6.74. The Labute approximate surface area is 110 Å². The van der Waals surface area contributed by atoms with Crippen LogP contribution < -0.4 is 0 Å². The van der Waals surface area contributed by atoms with Crippen LogP contribution >= 0.6 is 0 Å². The second-order valence-electron chi connectivity index (χ2n) is 5.52. The Bertz CT molecular complexity index is 276. The standard InChI is InChI=1S/C13H26N2O3/c1-6-15(17-7-2)11-8-9-14(10-11)12(16)18-13(3,4)5/h11H,6-10H2,1-5H3. The number of carbonyl (C=O) groups is 1. The van der Waals surface area contributed by atoms with Gasteiger partial charge in [-0.25, -0.2) is 4.79 Å². The fourth-order valence-electron chi connectivity index (χ4n) is 2.09. The number of amides is 1. The number of hydroxylamine groups is 2. The SMILES string of the molecule is CCON(CC)C1CCN(C(=O)OC(C)(C)C)C1. The molecule has 1 amide bonds. The van der Waals surface area contributed by atoms with E-state index in [1.165, 1.54) is 0 Å². The molecule has 0 aliphatic carbocycles. The minimum Gasteiger partial charge on any atom is -0.444 e. The maximum absolute atomic E-state index is 11.9. The van der Waals surface area contributed by atoms with Crippen molar-refractivity contribution in [3.8, 4) is 0 Å². The molecule has 0 saturated carbocycles. The molecule has 0 radical (unpaired) electrons. The molecule has 1 aliphatic heterocycles. The number of hydrogen-bond donors (Lipinski definition) is 0. The average molecular weight is 258 g/mol. The minimum atomic E-state index is -0.431. The van der Waals surface area contributed by atoms with Gasteiger partial charge < -0.3 is 9.64 Å². The molecule has 1 heterocycles. The Morgan fingerprint density at radius 3 is 2.56 bits per heavy atom. The summed E-state index contributed by atoms with van der Waals surface area (Å²) < 4.78 is 5.37. The molecule has 0 aromatic carbocycles. The lowest BCUT2D eigenvalue weighted by Gasteiger charge is -2.27. The quantitative estimate of drug-likeness (QED) is 0.725. The summed E-state index contributed by atoms with van der Waals surface area (Å²) >= 11 is 0. The van der Waals surface area contributed by atoms with Crippen molar-refractivity contribution in [2.24, 2.45) is 0 Å². The van der Waals surface area contributed by atoms with Gasteiger partial charge in [0.15, 0.2) is 0 Å². The molecule has 18 heavy (non-hydrogen) atoms. The van der Waals surface area contributed by atoms with Gasteiger partial charge in [-0.2, -0.15) is 5.06 Å². The summed E-state index contributed by atoms with van der Waals surface area (Å²) in [5, 5.41) is 1.96. The highest BCUT2D eigenvalue weighted by atomic mass is 16.7. The fraction of sp³-hybridized carbons (Fsp3) is 0.923. The van der Waals surface area contributed by atoms with E-state index in [0.717, 1.165) is 19.5 Å². The number of carbonyl (C=O) groups excluding carboxylic acids is 1. The molecule has 0 aromatic heterocycles. The van der Waals surface area contributed by atoms with E-state index >= 15 is 0 Å². The molecule has 106 valence electrons. The van der Waals surface area contributed by atoms with Gasteiger partial charge in [-0.15, -0.1) is 0 Å². The van der Waals surface area contributed by atoms with Crippen molar-refractivity contribution in [3.63, 3.8) is 0 Å². The molecule has 1 aliphatic rings. The van der Waals surface area contributed by atoms with Crippen LogP contribution in [0, 0.1) is 0 Å². The lowest BCUT2D eigenvalue weighted by Crippen LogP contribution is -2.40. The van der Waals surface area contributed by atoms with E-state index in [1.807, 2.05) is 32.8 Å². The van der Waals surface area contributed by atoms with Gasteiger partial charge >= 0.3 is 6.09 Å². The van der Waals surface area contributed by atoms with Crippen LogP contribution in [0.15, 0.2) is 0 Å². The van der Waals surface area contributed by atoms with E-state index in [4.69, 9.17) is 9.57 Å². The highest BCUT2D eigenvalue weighted by molar-refractivity contribution is 5.68. The Balaban J connectivity index is 2.47. The summed E-state index contributed by atoms with van der Waals surface area (Å²) in [7, 11) is 0. The van der Waals surface area contributed by atoms with Gasteiger partial charge in [-0.3, -0.25) is 4.84 Å². The Hall–Kier alpha value is -0.810. The van der Waals surface area contributed by atoms with Crippen LogP contribution in [-0.2, 0) is 9.57 Å². The second-order valence-corrected chi connectivity index (χ2v) is 5.52. The van der Waals surface area contributed by atoms with E-state index in [0.29, 0.717) is 13.2 Å². The summed E-state index contributed by atoms with van der Waals surface area (Å²) in [6, 6.07) is 0.280. The van der Waals surface area contributed by atoms with Crippen molar-refractivity contribution >= 4 is 6.09 Å². The number of rotatable bonds is 4. The molecule has 1 saturated heterocycles. The zero-order chi connectivity index (χ0) is 13.8. The fourth-order valence-corrected chi connectivity index (χ4v) is 2.09. The zero-order valence-corrected chi connectivity index (χ0v) is 12.2. The lowest BCUT2D eigenvalue weighted by molar-refractivity contribution is -0.176. The zero-order valence-electron chi connectivity index (χ0n) is 12.2.